The first-order valence-electron chi connectivity index (χ1n) is 13.6. The third-order valence-corrected chi connectivity index (χ3v) is 9.08. The van der Waals surface area contributed by atoms with Gasteiger partial charge in [0.25, 0.3) is 0 Å². The van der Waals surface area contributed by atoms with Crippen molar-refractivity contribution >= 4 is 55.3 Å². The van der Waals surface area contributed by atoms with E-state index in [1.54, 1.807) is 11.3 Å². The van der Waals surface area contributed by atoms with Gasteiger partial charge in [0.1, 0.15) is 5.75 Å². The lowest BCUT2D eigenvalue weighted by Crippen LogP contribution is -2.17. The molecule has 0 amide bonds. The minimum absolute atomic E-state index is 0.290. The van der Waals surface area contributed by atoms with E-state index in [9.17, 15) is 0 Å². The van der Waals surface area contributed by atoms with Crippen molar-refractivity contribution in [2.45, 2.75) is 79.2 Å². The Hall–Kier alpha value is -2.76. The van der Waals surface area contributed by atoms with E-state index in [2.05, 4.69) is 87.6 Å². The number of hydrogen-bond donors (Lipinski definition) is 2. The van der Waals surface area contributed by atoms with Crippen molar-refractivity contribution in [1.29, 1.82) is 0 Å². The third kappa shape index (κ3) is 5.44. The number of H-pyrrole nitrogens is 2. The van der Waals surface area contributed by atoms with E-state index in [1.165, 1.54) is 67.7 Å². The molecule has 3 nitrogen and oxygen atoms in total. The van der Waals surface area contributed by atoms with Crippen LogP contribution in [0.4, 0.5) is 0 Å². The van der Waals surface area contributed by atoms with Gasteiger partial charge in [-0.1, -0.05) is 46.1 Å². The Labute approximate surface area is 227 Å². The summed E-state index contributed by atoms with van der Waals surface area (Å²) >= 11 is 3.57. The second-order valence-corrected chi connectivity index (χ2v) is 12.8. The van der Waals surface area contributed by atoms with Gasteiger partial charge in [-0.25, -0.2) is 0 Å². The van der Waals surface area contributed by atoms with Crippen LogP contribution in [-0.4, -0.2) is 16.1 Å². The summed E-state index contributed by atoms with van der Waals surface area (Å²) in [5.41, 5.74) is 8.45. The normalized spacial score (nSPS) is 12.8. The summed E-state index contributed by atoms with van der Waals surface area (Å²) in [6, 6.07) is 13.4. The maximum atomic E-state index is 6.60. The van der Waals surface area contributed by atoms with Crippen molar-refractivity contribution in [3.8, 4) is 5.75 Å². The number of rotatable bonds is 10. The largest absolute Gasteiger partial charge is 0.490 e. The maximum Gasteiger partial charge on any atom is 0.120 e. The first-order chi connectivity index (χ1) is 17.9. The molecule has 0 bridgehead atoms. The molecule has 0 unspecified atom stereocenters. The number of aromatic amines is 2. The Morgan fingerprint density at radius 3 is 2.11 bits per heavy atom. The fraction of sp³-hybridized carbons (Fsp3) is 0.375. The van der Waals surface area contributed by atoms with Gasteiger partial charge in [-0.2, -0.15) is 0 Å². The van der Waals surface area contributed by atoms with E-state index < -0.39 is 0 Å². The molecule has 0 aliphatic carbocycles. The molecule has 37 heavy (non-hydrogen) atoms. The van der Waals surface area contributed by atoms with Gasteiger partial charge in [0.2, 0.25) is 0 Å². The van der Waals surface area contributed by atoms with Gasteiger partial charge in [0.15, 0.2) is 0 Å². The standard InChI is InChI=1S/C32H38N2OS2/c1-7-9-11-23(12-10-8-2)35-24-13-19(3)31(20(4)14-24)32(27-17-29-25(33-27)15-21(5)36-29)28-18-30-26(34-28)16-22(6)37-30/h13-18,23,33-34H,5,7-12H2,1-4,6H3/b32-27+. The van der Waals surface area contributed by atoms with Gasteiger partial charge in [-0.05, 0) is 86.7 Å². The number of fused-ring (bicyclic) bond motifs is 2. The molecule has 0 aliphatic rings. The van der Waals surface area contributed by atoms with Gasteiger partial charge >= 0.3 is 0 Å². The zero-order valence-corrected chi connectivity index (χ0v) is 24.3. The van der Waals surface area contributed by atoms with Crippen LogP contribution in [0.3, 0.4) is 0 Å². The van der Waals surface area contributed by atoms with E-state index in [1.807, 2.05) is 11.3 Å². The number of aryl methyl sites for hydroxylation is 3. The predicted octanol–water partition coefficient (Wildman–Crippen LogP) is 8.48. The molecule has 4 aromatic heterocycles. The molecule has 0 fully saturated rings. The molecule has 194 valence electrons. The first-order valence-corrected chi connectivity index (χ1v) is 15.2. The van der Waals surface area contributed by atoms with Crippen LogP contribution in [0.1, 0.15) is 79.6 Å². The molecule has 4 heterocycles. The number of unbranched alkanes of at least 4 members (excludes halogenated alkanes) is 2. The third-order valence-electron chi connectivity index (χ3n) is 7.14. The quantitative estimate of drug-likeness (QED) is 0.187. The smallest absolute Gasteiger partial charge is 0.120 e. The minimum Gasteiger partial charge on any atom is -0.490 e. The highest BCUT2D eigenvalue weighted by molar-refractivity contribution is 7.19. The van der Waals surface area contributed by atoms with Crippen molar-refractivity contribution < 1.29 is 4.74 Å². The van der Waals surface area contributed by atoms with Crippen molar-refractivity contribution in [1.82, 2.24) is 9.97 Å². The zero-order chi connectivity index (χ0) is 26.1. The SMILES string of the molecule is C=c1cc2[nH]/c(=C(\c3cc4sc(C)cc4[nH]3)c3c(C)cc(OC(CCCC)CCCC)cc3C)cc2s1. The van der Waals surface area contributed by atoms with Crippen molar-refractivity contribution in [3.05, 3.63) is 73.5 Å². The molecule has 2 N–H and O–H groups in total. The Kier molecular flexibility index (Phi) is 7.64. The van der Waals surface area contributed by atoms with Crippen LogP contribution in [0.5, 0.6) is 5.75 Å². The van der Waals surface area contributed by atoms with Gasteiger partial charge < -0.3 is 14.7 Å². The zero-order valence-electron chi connectivity index (χ0n) is 22.7. The molecule has 5 rings (SSSR count). The summed E-state index contributed by atoms with van der Waals surface area (Å²) in [5, 5.41) is 1.13. The first kappa shape index (κ1) is 25.9. The van der Waals surface area contributed by atoms with E-state index in [0.717, 1.165) is 39.7 Å². The molecular weight excluding hydrogens is 492 g/mol. The lowest BCUT2D eigenvalue weighted by atomic mass is 9.93. The fourth-order valence-electron chi connectivity index (χ4n) is 5.41. The number of benzene rings is 1. The summed E-state index contributed by atoms with van der Waals surface area (Å²) in [6.07, 6.45) is 7.38. The summed E-state index contributed by atoms with van der Waals surface area (Å²) in [6.45, 7) is 15.2. The summed E-state index contributed by atoms with van der Waals surface area (Å²) in [4.78, 5) is 8.74. The number of ether oxygens (including phenoxy) is 1. The Morgan fingerprint density at radius 2 is 1.49 bits per heavy atom. The second kappa shape index (κ2) is 10.9. The minimum atomic E-state index is 0.290. The van der Waals surface area contributed by atoms with Crippen LogP contribution in [-0.2, 0) is 0 Å². The van der Waals surface area contributed by atoms with Crippen molar-refractivity contribution in [3.63, 3.8) is 0 Å². The Balaban J connectivity index is 1.62. The van der Waals surface area contributed by atoms with Crippen LogP contribution in [0, 0.1) is 20.8 Å². The molecule has 1 aromatic carbocycles. The van der Waals surface area contributed by atoms with Crippen LogP contribution in [0.15, 0.2) is 36.4 Å². The average molecular weight is 531 g/mol. The molecule has 0 radical (unpaired) electrons. The van der Waals surface area contributed by atoms with Gasteiger partial charge in [-0.3, -0.25) is 0 Å². The number of thiophene rings is 2. The molecular formula is C32H38N2OS2. The molecule has 0 saturated heterocycles. The van der Waals surface area contributed by atoms with Gasteiger partial charge in [-0.15, -0.1) is 22.7 Å². The van der Waals surface area contributed by atoms with Crippen molar-refractivity contribution in [2.24, 2.45) is 0 Å². The van der Waals surface area contributed by atoms with E-state index in [-0.39, 0.29) is 0 Å². The number of hydrogen-bond acceptors (Lipinski definition) is 3. The fourth-order valence-corrected chi connectivity index (χ4v) is 7.19. The van der Waals surface area contributed by atoms with Crippen molar-refractivity contribution in [2.75, 3.05) is 0 Å². The highest BCUT2D eigenvalue weighted by Crippen LogP contribution is 2.34. The molecule has 0 aliphatic heterocycles. The predicted molar refractivity (Wildman–Crippen MR) is 163 cm³/mol. The topological polar surface area (TPSA) is 40.8 Å². The van der Waals surface area contributed by atoms with Gasteiger partial charge in [0, 0.05) is 15.0 Å². The molecule has 0 spiro atoms. The van der Waals surface area contributed by atoms with Crippen LogP contribution in [0.25, 0.3) is 32.6 Å². The molecule has 5 aromatic rings. The van der Waals surface area contributed by atoms with Crippen LogP contribution >= 0.6 is 22.7 Å². The van der Waals surface area contributed by atoms with E-state index in [4.69, 9.17) is 4.74 Å². The highest BCUT2D eigenvalue weighted by atomic mass is 32.1. The molecule has 5 heteroatoms. The van der Waals surface area contributed by atoms with Gasteiger partial charge in [0.05, 0.1) is 37.6 Å². The lowest BCUT2D eigenvalue weighted by molar-refractivity contribution is 0.174. The summed E-state index contributed by atoms with van der Waals surface area (Å²) < 4.78 is 10.2. The highest BCUT2D eigenvalue weighted by Gasteiger charge is 2.19. The Bertz CT molecular complexity index is 1540. The number of nitrogens with one attached hydrogen (secondary N) is 2. The van der Waals surface area contributed by atoms with Crippen LogP contribution in [0.2, 0.25) is 0 Å². The van der Waals surface area contributed by atoms with E-state index in [0.29, 0.717) is 6.10 Å². The van der Waals surface area contributed by atoms with Crippen LogP contribution < -0.4 is 14.6 Å². The number of aromatic nitrogens is 2. The monoisotopic (exact) mass is 530 g/mol. The summed E-state index contributed by atoms with van der Waals surface area (Å²) in [5.74, 6) is 0.993. The Morgan fingerprint density at radius 1 is 0.838 bits per heavy atom. The second-order valence-electron chi connectivity index (χ2n) is 10.3. The average Bonchev–Trinajstić information content (AvgIpc) is 3.57. The maximum absolute atomic E-state index is 6.60. The van der Waals surface area contributed by atoms with E-state index >= 15 is 0 Å². The summed E-state index contributed by atoms with van der Waals surface area (Å²) in [7, 11) is 0. The lowest BCUT2D eigenvalue weighted by Gasteiger charge is -2.21. The molecule has 0 atom stereocenters. The molecule has 0 saturated carbocycles.